The van der Waals surface area contributed by atoms with Crippen molar-refractivity contribution >= 4 is 5.97 Å². The van der Waals surface area contributed by atoms with Crippen molar-refractivity contribution in [3.63, 3.8) is 0 Å². The van der Waals surface area contributed by atoms with Gasteiger partial charge in [-0.2, -0.15) is 0 Å². The number of nitrogens with zero attached hydrogens (tertiary/aromatic N) is 1. The molecule has 1 fully saturated rings. The summed E-state index contributed by atoms with van der Waals surface area (Å²) in [6.45, 7) is 5.18. The van der Waals surface area contributed by atoms with Crippen LogP contribution in [0.2, 0.25) is 0 Å². The molecule has 1 aliphatic heterocycles. The number of likely N-dealkylation sites (tertiary alicyclic amines) is 1. The minimum absolute atomic E-state index is 0.581. The van der Waals surface area contributed by atoms with Gasteiger partial charge in [-0.15, -0.1) is 0 Å². The van der Waals surface area contributed by atoms with E-state index in [-0.39, 0.29) is 0 Å². The van der Waals surface area contributed by atoms with E-state index in [1.165, 1.54) is 25.3 Å². The van der Waals surface area contributed by atoms with Gasteiger partial charge in [0.25, 0.3) is 0 Å². The van der Waals surface area contributed by atoms with Crippen LogP contribution in [0.25, 0.3) is 0 Å². The van der Waals surface area contributed by atoms with Gasteiger partial charge < -0.3 is 5.11 Å². The predicted octanol–water partition coefficient (Wildman–Crippen LogP) is 1.89. The summed E-state index contributed by atoms with van der Waals surface area (Å²) in [6.07, 6.45) is 6.71. The molecule has 0 saturated carbocycles. The molecule has 3 nitrogen and oxygen atoms in total. The van der Waals surface area contributed by atoms with E-state index in [2.05, 4.69) is 18.7 Å². The van der Waals surface area contributed by atoms with Crippen LogP contribution < -0.4 is 0 Å². The third kappa shape index (κ3) is 3.14. The molecule has 1 N–H and O–H groups in total. The lowest BCUT2D eigenvalue weighted by molar-refractivity contribution is -0.131. The monoisotopic (exact) mass is 197 g/mol. The average molecular weight is 197 g/mol. The summed E-state index contributed by atoms with van der Waals surface area (Å²) in [5.74, 6) is -0.859. The number of piperidine rings is 1. The molecule has 0 aliphatic carbocycles. The van der Waals surface area contributed by atoms with Crippen LogP contribution in [-0.4, -0.2) is 34.6 Å². The number of carbonyl (C=O) groups is 1. The van der Waals surface area contributed by atoms with E-state index in [4.69, 9.17) is 5.11 Å². The molecular formula is C11H19NO2. The normalized spacial score (nSPS) is 29.6. The lowest BCUT2D eigenvalue weighted by Gasteiger charge is -2.38. The van der Waals surface area contributed by atoms with Crippen LogP contribution in [0.3, 0.4) is 0 Å². The van der Waals surface area contributed by atoms with Crippen LogP contribution in [-0.2, 0) is 4.79 Å². The minimum Gasteiger partial charge on any atom is -0.478 e. The van der Waals surface area contributed by atoms with E-state index in [0.29, 0.717) is 12.1 Å². The molecule has 3 heteroatoms. The van der Waals surface area contributed by atoms with Gasteiger partial charge in [0, 0.05) is 24.7 Å². The summed E-state index contributed by atoms with van der Waals surface area (Å²) in [5.41, 5.74) is 0. The average Bonchev–Trinajstić information content (AvgIpc) is 2.09. The van der Waals surface area contributed by atoms with Gasteiger partial charge in [0.15, 0.2) is 0 Å². The van der Waals surface area contributed by atoms with Crippen LogP contribution in [0.4, 0.5) is 0 Å². The fourth-order valence-electron chi connectivity index (χ4n) is 2.11. The minimum atomic E-state index is -0.859. The zero-order valence-corrected chi connectivity index (χ0v) is 8.94. The summed E-state index contributed by atoms with van der Waals surface area (Å²) in [7, 11) is 0. The molecule has 14 heavy (non-hydrogen) atoms. The summed E-state index contributed by atoms with van der Waals surface area (Å²) >= 11 is 0. The zero-order valence-electron chi connectivity index (χ0n) is 8.94. The Hall–Kier alpha value is -0.830. The first-order valence-corrected chi connectivity index (χ1v) is 5.26. The van der Waals surface area contributed by atoms with Gasteiger partial charge in [-0.05, 0) is 26.7 Å². The van der Waals surface area contributed by atoms with Crippen molar-refractivity contribution < 1.29 is 9.90 Å². The van der Waals surface area contributed by atoms with E-state index in [0.717, 1.165) is 6.54 Å². The summed E-state index contributed by atoms with van der Waals surface area (Å²) < 4.78 is 0. The molecule has 0 amide bonds. The molecule has 2 atom stereocenters. The number of carboxylic acid groups (broad SMARTS) is 1. The second-order valence-electron chi connectivity index (χ2n) is 4.07. The number of carboxylic acids is 1. The van der Waals surface area contributed by atoms with E-state index < -0.39 is 5.97 Å². The molecule has 0 radical (unpaired) electrons. The van der Waals surface area contributed by atoms with E-state index in [9.17, 15) is 4.79 Å². The van der Waals surface area contributed by atoms with Crippen molar-refractivity contribution in [1.29, 1.82) is 0 Å². The Morgan fingerprint density at radius 3 is 2.50 bits per heavy atom. The van der Waals surface area contributed by atoms with Gasteiger partial charge in [-0.3, -0.25) is 4.90 Å². The summed E-state index contributed by atoms with van der Waals surface area (Å²) in [6, 6.07) is 1.16. The lowest BCUT2D eigenvalue weighted by atomic mass is 9.98. The Bertz CT molecular complexity index is 215. The highest BCUT2D eigenvalue weighted by atomic mass is 16.4. The summed E-state index contributed by atoms with van der Waals surface area (Å²) in [4.78, 5) is 12.7. The molecule has 1 saturated heterocycles. The Balaban J connectivity index is 2.44. The molecule has 0 bridgehead atoms. The number of hydrogen-bond donors (Lipinski definition) is 1. The van der Waals surface area contributed by atoms with Crippen LogP contribution in [0.5, 0.6) is 0 Å². The second kappa shape index (κ2) is 5.15. The molecule has 0 aromatic rings. The van der Waals surface area contributed by atoms with Crippen molar-refractivity contribution in [2.75, 3.05) is 6.54 Å². The molecule has 0 aromatic carbocycles. The number of rotatable bonds is 3. The van der Waals surface area contributed by atoms with Crippen molar-refractivity contribution in [1.82, 2.24) is 4.90 Å². The van der Waals surface area contributed by atoms with E-state index in [1.54, 1.807) is 6.08 Å². The topological polar surface area (TPSA) is 40.5 Å². The molecule has 1 aliphatic rings. The molecular weight excluding hydrogens is 178 g/mol. The van der Waals surface area contributed by atoms with Gasteiger partial charge in [0.2, 0.25) is 0 Å². The van der Waals surface area contributed by atoms with Crippen LogP contribution >= 0.6 is 0 Å². The maximum absolute atomic E-state index is 10.3. The molecule has 0 aromatic heterocycles. The Kier molecular flexibility index (Phi) is 4.14. The van der Waals surface area contributed by atoms with Crippen molar-refractivity contribution in [3.05, 3.63) is 12.2 Å². The Morgan fingerprint density at radius 2 is 2.00 bits per heavy atom. The largest absolute Gasteiger partial charge is 0.478 e. The number of hydrogen-bond acceptors (Lipinski definition) is 2. The molecule has 0 spiro atoms. The maximum atomic E-state index is 10.3. The number of aliphatic carboxylic acids is 1. The molecule has 80 valence electrons. The standard InChI is InChI=1S/C11H19NO2/c1-9-5-3-6-10(2)12(9)8-4-7-11(13)14/h4,7,9-10H,3,5-6,8H2,1-2H3,(H,13,14)/b7-4+. The Labute approximate surface area is 85.4 Å². The SMILES string of the molecule is CC1CCCC(C)N1C/C=C/C(=O)O. The highest BCUT2D eigenvalue weighted by molar-refractivity contribution is 5.79. The first kappa shape index (κ1) is 11.2. The fourth-order valence-corrected chi connectivity index (χ4v) is 2.11. The fraction of sp³-hybridized carbons (Fsp3) is 0.727. The second-order valence-corrected chi connectivity index (χ2v) is 4.07. The first-order valence-electron chi connectivity index (χ1n) is 5.26. The molecule has 1 rings (SSSR count). The van der Waals surface area contributed by atoms with E-state index in [1.807, 2.05) is 0 Å². The van der Waals surface area contributed by atoms with Crippen molar-refractivity contribution in [2.24, 2.45) is 0 Å². The van der Waals surface area contributed by atoms with Crippen LogP contribution in [0, 0.1) is 0 Å². The summed E-state index contributed by atoms with van der Waals surface area (Å²) in [5, 5.41) is 8.47. The van der Waals surface area contributed by atoms with Gasteiger partial charge in [0.1, 0.15) is 0 Å². The highest BCUT2D eigenvalue weighted by Crippen LogP contribution is 2.21. The zero-order chi connectivity index (χ0) is 10.6. The van der Waals surface area contributed by atoms with Crippen molar-refractivity contribution in [3.8, 4) is 0 Å². The maximum Gasteiger partial charge on any atom is 0.328 e. The van der Waals surface area contributed by atoms with Crippen molar-refractivity contribution in [2.45, 2.75) is 45.2 Å². The van der Waals surface area contributed by atoms with Gasteiger partial charge in [0.05, 0.1) is 0 Å². The van der Waals surface area contributed by atoms with Crippen LogP contribution in [0.1, 0.15) is 33.1 Å². The highest BCUT2D eigenvalue weighted by Gasteiger charge is 2.22. The molecule has 1 heterocycles. The van der Waals surface area contributed by atoms with Crippen LogP contribution in [0.15, 0.2) is 12.2 Å². The lowest BCUT2D eigenvalue weighted by Crippen LogP contribution is -2.43. The molecule has 2 unspecified atom stereocenters. The van der Waals surface area contributed by atoms with E-state index >= 15 is 0 Å². The van der Waals surface area contributed by atoms with Gasteiger partial charge in [-0.1, -0.05) is 12.5 Å². The smallest absolute Gasteiger partial charge is 0.328 e. The third-order valence-electron chi connectivity index (χ3n) is 2.95. The van der Waals surface area contributed by atoms with Gasteiger partial charge >= 0.3 is 5.97 Å². The van der Waals surface area contributed by atoms with Gasteiger partial charge in [-0.25, -0.2) is 4.79 Å². The first-order chi connectivity index (χ1) is 6.61. The quantitative estimate of drug-likeness (QED) is 0.702. The third-order valence-corrected chi connectivity index (χ3v) is 2.95. The predicted molar refractivity (Wildman–Crippen MR) is 56.3 cm³/mol. The Morgan fingerprint density at radius 1 is 1.43 bits per heavy atom.